The standard InChI is InChI=1S/C28H51O6P/c1-3-5-6-7-8-9-10-11-12-13-14-15-16-17-18-22-25-31-35(29,32-27-26-30-4-2)34-33-28-23-20-19-21-24-28/h19-21,23-24H,3-18,22,25-27H2,1-2H3. The maximum absolute atomic E-state index is 12.9. The molecule has 0 saturated heterocycles. The Bertz CT molecular complexity index is 613. The van der Waals surface area contributed by atoms with Crippen LogP contribution in [0.1, 0.15) is 117 Å². The molecule has 1 aromatic carbocycles. The number of benzene rings is 1. The molecular weight excluding hydrogens is 463 g/mol. The highest BCUT2D eigenvalue weighted by Gasteiger charge is 2.29. The minimum Gasteiger partial charge on any atom is -0.379 e. The van der Waals surface area contributed by atoms with Crippen LogP contribution < -0.4 is 4.89 Å². The maximum Gasteiger partial charge on any atom is 0.511 e. The number of hydrogen-bond acceptors (Lipinski definition) is 6. The molecule has 0 aliphatic carbocycles. The van der Waals surface area contributed by atoms with E-state index in [4.69, 9.17) is 23.3 Å². The molecule has 204 valence electrons. The quantitative estimate of drug-likeness (QED) is 0.0531. The summed E-state index contributed by atoms with van der Waals surface area (Å²) in [4.78, 5) is 5.16. The average Bonchev–Trinajstić information content (AvgIpc) is 2.88. The molecule has 1 rings (SSSR count). The summed E-state index contributed by atoms with van der Waals surface area (Å²) < 4.78 is 34.0. The van der Waals surface area contributed by atoms with Gasteiger partial charge in [0, 0.05) is 6.61 Å². The highest BCUT2D eigenvalue weighted by atomic mass is 31.2. The summed E-state index contributed by atoms with van der Waals surface area (Å²) in [6.45, 7) is 5.47. The van der Waals surface area contributed by atoms with Crippen LogP contribution >= 0.6 is 7.82 Å². The molecule has 7 heteroatoms. The van der Waals surface area contributed by atoms with Crippen molar-refractivity contribution in [3.63, 3.8) is 0 Å². The molecule has 0 radical (unpaired) electrons. The molecule has 0 saturated carbocycles. The van der Waals surface area contributed by atoms with Gasteiger partial charge in [0.2, 0.25) is 0 Å². The van der Waals surface area contributed by atoms with Gasteiger partial charge in [-0.3, -0.25) is 9.05 Å². The Morgan fingerprint density at radius 2 is 1.09 bits per heavy atom. The highest BCUT2D eigenvalue weighted by molar-refractivity contribution is 7.48. The fraction of sp³-hybridized carbons (Fsp3) is 0.786. The summed E-state index contributed by atoms with van der Waals surface area (Å²) in [5, 5.41) is 0. The summed E-state index contributed by atoms with van der Waals surface area (Å²) in [5.74, 6) is 0.437. The number of hydrogen-bond donors (Lipinski definition) is 0. The van der Waals surface area contributed by atoms with Gasteiger partial charge in [-0.25, -0.2) is 4.57 Å². The molecule has 0 amide bonds. The highest BCUT2D eigenvalue weighted by Crippen LogP contribution is 2.49. The minimum atomic E-state index is -3.82. The van der Waals surface area contributed by atoms with Crippen LogP contribution in [0.25, 0.3) is 0 Å². The zero-order valence-corrected chi connectivity index (χ0v) is 23.3. The third-order valence-corrected chi connectivity index (χ3v) is 7.15. The Balaban J connectivity index is 2.03. The van der Waals surface area contributed by atoms with E-state index in [2.05, 4.69) is 6.92 Å². The molecule has 0 aliphatic heterocycles. The molecule has 0 bridgehead atoms. The molecule has 0 aromatic heterocycles. The van der Waals surface area contributed by atoms with E-state index in [0.717, 1.165) is 19.3 Å². The van der Waals surface area contributed by atoms with Crippen molar-refractivity contribution < 1.29 is 27.9 Å². The first-order valence-electron chi connectivity index (χ1n) is 14.1. The van der Waals surface area contributed by atoms with E-state index in [1.165, 1.54) is 83.5 Å². The second-order valence-electron chi connectivity index (χ2n) is 9.08. The number of para-hydroxylation sites is 1. The van der Waals surface area contributed by atoms with Crippen molar-refractivity contribution in [1.82, 2.24) is 0 Å². The summed E-state index contributed by atoms with van der Waals surface area (Å²) >= 11 is 0. The van der Waals surface area contributed by atoms with Crippen LogP contribution in [0.15, 0.2) is 30.3 Å². The molecule has 6 nitrogen and oxygen atoms in total. The zero-order chi connectivity index (χ0) is 25.3. The lowest BCUT2D eigenvalue weighted by Gasteiger charge is -2.17. The number of unbranched alkanes of at least 4 members (excludes halogenated alkanes) is 15. The van der Waals surface area contributed by atoms with Gasteiger partial charge in [-0.05, 0) is 25.5 Å². The van der Waals surface area contributed by atoms with E-state index in [0.29, 0.717) is 25.6 Å². The Labute approximate surface area is 215 Å². The van der Waals surface area contributed by atoms with Gasteiger partial charge >= 0.3 is 7.82 Å². The van der Waals surface area contributed by atoms with Crippen LogP contribution in [-0.2, 0) is 23.0 Å². The van der Waals surface area contributed by atoms with Gasteiger partial charge in [-0.2, -0.15) is 0 Å². The van der Waals surface area contributed by atoms with Gasteiger partial charge < -0.3 is 9.62 Å². The van der Waals surface area contributed by atoms with Crippen LogP contribution in [0, 0.1) is 0 Å². The molecule has 0 N–H and O–H groups in total. The maximum atomic E-state index is 12.9. The second kappa shape index (κ2) is 23.5. The Morgan fingerprint density at radius 1 is 0.600 bits per heavy atom. The Morgan fingerprint density at radius 3 is 1.60 bits per heavy atom. The van der Waals surface area contributed by atoms with Crippen molar-refractivity contribution in [2.75, 3.05) is 26.4 Å². The first kappa shape index (κ1) is 32.1. The van der Waals surface area contributed by atoms with Gasteiger partial charge in [0.1, 0.15) is 0 Å². The van der Waals surface area contributed by atoms with Crippen molar-refractivity contribution >= 4 is 7.82 Å². The smallest absolute Gasteiger partial charge is 0.379 e. The normalized spacial score (nSPS) is 13.1. The lowest BCUT2D eigenvalue weighted by Crippen LogP contribution is -2.08. The summed E-state index contributed by atoms with van der Waals surface area (Å²) in [5.41, 5.74) is 0. The molecule has 0 heterocycles. The van der Waals surface area contributed by atoms with Crippen molar-refractivity contribution in [2.24, 2.45) is 0 Å². The topological polar surface area (TPSA) is 63.2 Å². The van der Waals surface area contributed by atoms with Gasteiger partial charge in [0.25, 0.3) is 0 Å². The fourth-order valence-electron chi connectivity index (χ4n) is 3.82. The summed E-state index contributed by atoms with van der Waals surface area (Å²) in [7, 11) is -3.82. The molecule has 1 aromatic rings. The van der Waals surface area contributed by atoms with E-state index >= 15 is 0 Å². The van der Waals surface area contributed by atoms with Crippen LogP contribution in [0.4, 0.5) is 0 Å². The van der Waals surface area contributed by atoms with Gasteiger partial charge in [0.15, 0.2) is 5.75 Å². The van der Waals surface area contributed by atoms with Crippen LogP contribution in [0.5, 0.6) is 5.75 Å². The van der Waals surface area contributed by atoms with E-state index in [1.54, 1.807) is 24.3 Å². The van der Waals surface area contributed by atoms with Crippen LogP contribution in [0.3, 0.4) is 0 Å². The van der Waals surface area contributed by atoms with Crippen LogP contribution in [0.2, 0.25) is 0 Å². The molecule has 35 heavy (non-hydrogen) atoms. The number of ether oxygens (including phenoxy) is 1. The fourth-order valence-corrected chi connectivity index (χ4v) is 4.81. The van der Waals surface area contributed by atoms with Crippen molar-refractivity contribution in [1.29, 1.82) is 0 Å². The lowest BCUT2D eigenvalue weighted by molar-refractivity contribution is -0.133. The lowest BCUT2D eigenvalue weighted by atomic mass is 10.0. The molecular formula is C28H51O6P. The monoisotopic (exact) mass is 514 g/mol. The zero-order valence-electron chi connectivity index (χ0n) is 22.4. The minimum absolute atomic E-state index is 0.113. The Hall–Kier alpha value is -0.910. The van der Waals surface area contributed by atoms with Gasteiger partial charge in [0.05, 0.1) is 19.8 Å². The number of rotatable bonds is 26. The van der Waals surface area contributed by atoms with Crippen LogP contribution in [-0.4, -0.2) is 26.4 Å². The second-order valence-corrected chi connectivity index (χ2v) is 10.6. The summed E-state index contributed by atoms with van der Waals surface area (Å²) in [6.07, 6.45) is 20.8. The average molecular weight is 515 g/mol. The third-order valence-electron chi connectivity index (χ3n) is 5.90. The first-order valence-corrected chi connectivity index (χ1v) is 15.5. The van der Waals surface area contributed by atoms with E-state index < -0.39 is 7.82 Å². The Kier molecular flexibility index (Phi) is 21.6. The molecule has 1 unspecified atom stereocenters. The van der Waals surface area contributed by atoms with E-state index in [1.807, 2.05) is 13.0 Å². The number of phosphoric acid groups is 1. The number of phosphoric ester groups is 1. The molecule has 1 atom stereocenters. The van der Waals surface area contributed by atoms with E-state index in [-0.39, 0.29) is 6.61 Å². The van der Waals surface area contributed by atoms with Crippen molar-refractivity contribution in [2.45, 2.75) is 117 Å². The first-order chi connectivity index (χ1) is 17.2. The van der Waals surface area contributed by atoms with Gasteiger partial charge in [-0.15, -0.1) is 0 Å². The largest absolute Gasteiger partial charge is 0.511 e. The molecule has 0 spiro atoms. The summed E-state index contributed by atoms with van der Waals surface area (Å²) in [6, 6.07) is 8.88. The molecule has 0 aliphatic rings. The third kappa shape index (κ3) is 19.9. The SMILES string of the molecule is CCCCCCCCCCCCCCCCCCOP(=O)(OCCOCC)OOc1ccccc1. The van der Waals surface area contributed by atoms with E-state index in [9.17, 15) is 4.57 Å². The predicted octanol–water partition coefficient (Wildman–Crippen LogP) is 9.44. The van der Waals surface area contributed by atoms with Crippen molar-refractivity contribution in [3.05, 3.63) is 30.3 Å². The predicted molar refractivity (Wildman–Crippen MR) is 144 cm³/mol. The van der Waals surface area contributed by atoms with Gasteiger partial charge in [-0.1, -0.05) is 126 Å². The van der Waals surface area contributed by atoms with Crippen molar-refractivity contribution in [3.8, 4) is 5.75 Å². The molecule has 0 fully saturated rings.